The first-order chi connectivity index (χ1) is 15.2. The number of nitrogens with one attached hydrogen (secondary N) is 1. The lowest BCUT2D eigenvalue weighted by Gasteiger charge is -2.21. The molecule has 2 aromatic rings. The summed E-state index contributed by atoms with van der Waals surface area (Å²) in [5, 5.41) is 2.83. The van der Waals surface area contributed by atoms with Crippen LogP contribution in [0.25, 0.3) is 0 Å². The predicted molar refractivity (Wildman–Crippen MR) is 114 cm³/mol. The summed E-state index contributed by atoms with van der Waals surface area (Å²) in [7, 11) is 0. The Morgan fingerprint density at radius 2 is 2.00 bits per heavy atom. The molecule has 10 heteroatoms. The maximum Gasteiger partial charge on any atom is 0.267 e. The quantitative estimate of drug-likeness (QED) is 0.730. The summed E-state index contributed by atoms with van der Waals surface area (Å²) in [5.41, 5.74) is 0.962. The summed E-state index contributed by atoms with van der Waals surface area (Å²) >= 11 is 0. The van der Waals surface area contributed by atoms with Gasteiger partial charge in [0.2, 0.25) is 11.9 Å². The fraction of sp³-hybridized carbons (Fsp3) is 0.500. The number of carbonyl (C=O) groups is 1. The van der Waals surface area contributed by atoms with Gasteiger partial charge in [-0.2, -0.15) is 4.98 Å². The molecule has 0 radical (unpaired) electrons. The first-order valence-electron chi connectivity index (χ1n) is 10.6. The van der Waals surface area contributed by atoms with E-state index in [2.05, 4.69) is 15.3 Å². The molecule has 0 bridgehead atoms. The molecule has 0 unspecified atom stereocenters. The number of hydrogen-bond acceptors (Lipinski definition) is 6. The van der Waals surface area contributed by atoms with Gasteiger partial charge in [-0.05, 0) is 24.6 Å². The van der Waals surface area contributed by atoms with Gasteiger partial charge in [0.1, 0.15) is 11.9 Å². The topological polar surface area (TPSA) is 70.6 Å². The zero-order chi connectivity index (χ0) is 22.9. The number of hydrogen-bond donors (Lipinski definition) is 1. The van der Waals surface area contributed by atoms with Crippen molar-refractivity contribution in [1.29, 1.82) is 0 Å². The Labute approximate surface area is 184 Å². The van der Waals surface area contributed by atoms with Crippen LogP contribution >= 0.6 is 0 Å². The molecule has 7 nitrogen and oxygen atoms in total. The van der Waals surface area contributed by atoms with Crippen LogP contribution in [0.1, 0.15) is 38.3 Å². The summed E-state index contributed by atoms with van der Waals surface area (Å²) in [6, 6.07) is 7.37. The van der Waals surface area contributed by atoms with Crippen LogP contribution in [-0.4, -0.2) is 54.1 Å². The van der Waals surface area contributed by atoms with Gasteiger partial charge < -0.3 is 19.9 Å². The Hall–Kier alpha value is -3.04. The standard InChI is InChI=1S/C22H26F3N5O2/c1-14(27-15(2)31)16-3-5-17(6-4-16)32-18-7-9-29(12-18)20-19(23)11-26-21(28-20)30-10-8-22(24,25)13-30/h3-6,11,14,18H,7-10,12-13H2,1-2H3,(H,27,31)/t14-,18+/m0/s1. The van der Waals surface area contributed by atoms with E-state index in [9.17, 15) is 18.0 Å². The van der Waals surface area contributed by atoms with Crippen molar-refractivity contribution < 1.29 is 22.7 Å². The molecule has 32 heavy (non-hydrogen) atoms. The Kier molecular flexibility index (Phi) is 6.12. The predicted octanol–water partition coefficient (Wildman–Crippen LogP) is 3.32. The van der Waals surface area contributed by atoms with Crippen molar-refractivity contribution in [3.8, 4) is 5.75 Å². The Bertz CT molecular complexity index is 973. The van der Waals surface area contributed by atoms with E-state index in [1.54, 1.807) is 4.90 Å². The number of aromatic nitrogens is 2. The fourth-order valence-corrected chi connectivity index (χ4v) is 4.06. The third-order valence-electron chi connectivity index (χ3n) is 5.71. The van der Waals surface area contributed by atoms with Crippen molar-refractivity contribution in [2.75, 3.05) is 36.0 Å². The number of carbonyl (C=O) groups excluding carboxylic acids is 1. The van der Waals surface area contributed by atoms with Crippen molar-refractivity contribution in [2.45, 2.75) is 44.8 Å². The summed E-state index contributed by atoms with van der Waals surface area (Å²) in [6.45, 7) is 4.02. The van der Waals surface area contributed by atoms with Crippen LogP contribution in [0.5, 0.6) is 5.75 Å². The number of halogens is 3. The Balaban J connectivity index is 1.38. The highest BCUT2D eigenvalue weighted by atomic mass is 19.3. The van der Waals surface area contributed by atoms with E-state index < -0.39 is 18.3 Å². The molecular weight excluding hydrogens is 423 g/mol. The maximum absolute atomic E-state index is 14.4. The largest absolute Gasteiger partial charge is 0.489 e. The van der Waals surface area contributed by atoms with Gasteiger partial charge in [-0.3, -0.25) is 4.79 Å². The van der Waals surface area contributed by atoms with E-state index in [1.165, 1.54) is 11.8 Å². The number of benzene rings is 1. The monoisotopic (exact) mass is 449 g/mol. The molecule has 172 valence electrons. The van der Waals surface area contributed by atoms with Crippen LogP contribution in [0, 0.1) is 5.82 Å². The molecule has 0 spiro atoms. The first-order valence-corrected chi connectivity index (χ1v) is 10.6. The van der Waals surface area contributed by atoms with E-state index >= 15 is 0 Å². The number of alkyl halides is 2. The molecule has 2 saturated heterocycles. The SMILES string of the molecule is CC(=O)N[C@@H](C)c1ccc(O[C@@H]2CCN(c3nc(N4CCC(F)(F)C4)ncc3F)C2)cc1. The number of amides is 1. The lowest BCUT2D eigenvalue weighted by atomic mass is 10.1. The van der Waals surface area contributed by atoms with Crippen molar-refractivity contribution >= 4 is 17.7 Å². The Morgan fingerprint density at radius 1 is 1.25 bits per heavy atom. The second kappa shape index (κ2) is 8.84. The third-order valence-corrected chi connectivity index (χ3v) is 5.71. The van der Waals surface area contributed by atoms with Gasteiger partial charge in [0, 0.05) is 32.9 Å². The average molecular weight is 449 g/mol. The Morgan fingerprint density at radius 3 is 2.66 bits per heavy atom. The molecule has 2 aliphatic rings. The lowest BCUT2D eigenvalue weighted by Crippen LogP contribution is -2.29. The van der Waals surface area contributed by atoms with Gasteiger partial charge >= 0.3 is 0 Å². The average Bonchev–Trinajstić information content (AvgIpc) is 3.34. The van der Waals surface area contributed by atoms with E-state index in [0.717, 1.165) is 11.8 Å². The summed E-state index contributed by atoms with van der Waals surface area (Å²) in [4.78, 5) is 22.5. The molecule has 2 atom stereocenters. The lowest BCUT2D eigenvalue weighted by molar-refractivity contribution is -0.119. The fourth-order valence-electron chi connectivity index (χ4n) is 4.06. The molecule has 2 aliphatic heterocycles. The van der Waals surface area contributed by atoms with Crippen LogP contribution in [0.4, 0.5) is 24.9 Å². The molecule has 0 aliphatic carbocycles. The highest BCUT2D eigenvalue weighted by molar-refractivity contribution is 5.73. The molecule has 0 saturated carbocycles. The molecule has 1 amide bonds. The summed E-state index contributed by atoms with van der Waals surface area (Å²) < 4.78 is 47.5. The number of ether oxygens (including phenoxy) is 1. The number of anilines is 2. The van der Waals surface area contributed by atoms with Crippen molar-refractivity contribution in [2.24, 2.45) is 0 Å². The smallest absolute Gasteiger partial charge is 0.267 e. The van der Waals surface area contributed by atoms with Crippen molar-refractivity contribution in [3.63, 3.8) is 0 Å². The van der Waals surface area contributed by atoms with Crippen LogP contribution in [0.3, 0.4) is 0 Å². The van der Waals surface area contributed by atoms with Crippen LogP contribution in [0.15, 0.2) is 30.5 Å². The van der Waals surface area contributed by atoms with E-state index in [1.807, 2.05) is 31.2 Å². The van der Waals surface area contributed by atoms with Gasteiger partial charge in [-0.15, -0.1) is 0 Å². The molecule has 1 aromatic heterocycles. The minimum atomic E-state index is -2.78. The van der Waals surface area contributed by atoms with Gasteiger partial charge in [-0.25, -0.2) is 18.2 Å². The van der Waals surface area contributed by atoms with Crippen molar-refractivity contribution in [3.05, 3.63) is 41.8 Å². The molecule has 1 aromatic carbocycles. The van der Waals surface area contributed by atoms with Gasteiger partial charge in [0.15, 0.2) is 11.6 Å². The van der Waals surface area contributed by atoms with Crippen molar-refractivity contribution in [1.82, 2.24) is 15.3 Å². The van der Waals surface area contributed by atoms with E-state index in [0.29, 0.717) is 25.3 Å². The van der Waals surface area contributed by atoms with Gasteiger partial charge in [-0.1, -0.05) is 12.1 Å². The van der Waals surface area contributed by atoms with E-state index in [-0.39, 0.29) is 42.8 Å². The second-order valence-electron chi connectivity index (χ2n) is 8.33. The third kappa shape index (κ3) is 5.05. The minimum absolute atomic E-state index is 0.0950. The normalized spacial score (nSPS) is 21.0. The van der Waals surface area contributed by atoms with Crippen LogP contribution in [0.2, 0.25) is 0 Å². The second-order valence-corrected chi connectivity index (χ2v) is 8.33. The molecular formula is C22H26F3N5O2. The zero-order valence-corrected chi connectivity index (χ0v) is 18.0. The highest BCUT2D eigenvalue weighted by Gasteiger charge is 2.39. The van der Waals surface area contributed by atoms with Gasteiger partial charge in [0.05, 0.1) is 25.3 Å². The summed E-state index contributed by atoms with van der Waals surface area (Å²) in [5.74, 6) is -2.56. The number of rotatable bonds is 6. The molecule has 3 heterocycles. The highest BCUT2D eigenvalue weighted by Crippen LogP contribution is 2.31. The molecule has 2 fully saturated rings. The van der Waals surface area contributed by atoms with Gasteiger partial charge in [0.25, 0.3) is 5.92 Å². The summed E-state index contributed by atoms with van der Waals surface area (Å²) in [6.07, 6.45) is 1.29. The van der Waals surface area contributed by atoms with E-state index in [4.69, 9.17) is 4.74 Å². The van der Waals surface area contributed by atoms with Crippen LogP contribution < -0.4 is 19.9 Å². The van der Waals surface area contributed by atoms with Crippen LogP contribution in [-0.2, 0) is 4.79 Å². The molecule has 4 rings (SSSR count). The zero-order valence-electron chi connectivity index (χ0n) is 18.0. The molecule has 1 N–H and O–H groups in total. The first kappa shape index (κ1) is 22.2. The minimum Gasteiger partial charge on any atom is -0.489 e. The maximum atomic E-state index is 14.4. The number of nitrogens with zero attached hydrogens (tertiary/aromatic N) is 4.